The molecule has 162 valence electrons. The third-order valence-electron chi connectivity index (χ3n) is 6.73. The molecule has 3 aromatic rings. The average molecular weight is 426 g/mol. The zero-order chi connectivity index (χ0) is 21.7. The summed E-state index contributed by atoms with van der Waals surface area (Å²) in [7, 11) is 3.88. The van der Waals surface area contributed by atoms with Crippen LogP contribution in [0.2, 0.25) is 0 Å². The Labute approximate surface area is 178 Å². The molecule has 5 rings (SSSR count). The van der Waals surface area contributed by atoms with Crippen LogP contribution in [0.4, 0.5) is 14.6 Å². The number of halogens is 2. The fourth-order valence-corrected chi connectivity index (χ4v) is 4.89. The summed E-state index contributed by atoms with van der Waals surface area (Å²) in [5.74, 6) is 0.130. The largest absolute Gasteiger partial charge is 0.507 e. The van der Waals surface area contributed by atoms with Crippen LogP contribution in [0.15, 0.2) is 42.7 Å². The van der Waals surface area contributed by atoms with Crippen molar-refractivity contribution >= 4 is 5.82 Å². The zero-order valence-electron chi connectivity index (χ0n) is 17.4. The van der Waals surface area contributed by atoms with Crippen molar-refractivity contribution < 1.29 is 13.9 Å². The van der Waals surface area contributed by atoms with Crippen LogP contribution in [0.25, 0.3) is 16.9 Å². The molecule has 4 heterocycles. The molecule has 9 heteroatoms. The molecule has 2 saturated heterocycles. The summed E-state index contributed by atoms with van der Waals surface area (Å²) < 4.78 is 29.6. The molecule has 31 heavy (non-hydrogen) atoms. The lowest BCUT2D eigenvalue weighted by atomic mass is 9.95. The maximum atomic E-state index is 15.1. The molecule has 2 bridgehead atoms. The fraction of sp³-hybridized carbons (Fsp3) is 0.409. The van der Waals surface area contributed by atoms with Crippen LogP contribution >= 0.6 is 0 Å². The topological polar surface area (TPSA) is 70.3 Å². The minimum absolute atomic E-state index is 0.0143. The number of hydrogen-bond donors (Lipinski definition) is 1. The Hall–Kier alpha value is -3.07. The molecule has 0 spiro atoms. The van der Waals surface area contributed by atoms with Gasteiger partial charge >= 0.3 is 0 Å². The lowest BCUT2D eigenvalue weighted by Gasteiger charge is -2.43. The van der Waals surface area contributed by atoms with Crippen molar-refractivity contribution in [1.29, 1.82) is 0 Å². The van der Waals surface area contributed by atoms with Crippen molar-refractivity contribution in [1.82, 2.24) is 24.9 Å². The van der Waals surface area contributed by atoms with Crippen molar-refractivity contribution in [2.45, 2.75) is 43.6 Å². The van der Waals surface area contributed by atoms with Gasteiger partial charge in [-0.1, -0.05) is 0 Å². The molecule has 2 aliphatic rings. The van der Waals surface area contributed by atoms with Crippen molar-refractivity contribution in [2.75, 3.05) is 19.0 Å². The summed E-state index contributed by atoms with van der Waals surface area (Å²) in [4.78, 5) is 4.06. The SMILES string of the molecule is CN(c1ccc(-c2ccc(-n3cc(F)cn3)cc2O)nn1)[C@H]1C[C@@H]2CC[C@H]([C@H]1F)N2C. The van der Waals surface area contributed by atoms with Crippen LogP contribution in [0.3, 0.4) is 0 Å². The first-order chi connectivity index (χ1) is 14.9. The highest BCUT2D eigenvalue weighted by molar-refractivity contribution is 5.69. The summed E-state index contributed by atoms with van der Waals surface area (Å²) in [6, 6.07) is 8.60. The number of nitrogens with zero attached hydrogens (tertiary/aromatic N) is 6. The molecule has 0 amide bonds. The summed E-state index contributed by atoms with van der Waals surface area (Å²) >= 11 is 0. The summed E-state index contributed by atoms with van der Waals surface area (Å²) in [5.41, 5.74) is 1.52. The van der Waals surface area contributed by atoms with Crippen LogP contribution in [0.1, 0.15) is 19.3 Å². The second kappa shape index (κ2) is 7.56. The molecule has 0 unspecified atom stereocenters. The van der Waals surface area contributed by atoms with Crippen molar-refractivity contribution in [3.63, 3.8) is 0 Å². The Morgan fingerprint density at radius 2 is 2.00 bits per heavy atom. The van der Waals surface area contributed by atoms with Gasteiger partial charge in [-0.15, -0.1) is 10.2 Å². The number of hydrogen-bond acceptors (Lipinski definition) is 6. The first-order valence-electron chi connectivity index (χ1n) is 10.4. The van der Waals surface area contributed by atoms with Crippen molar-refractivity contribution in [2.24, 2.45) is 0 Å². The third kappa shape index (κ3) is 3.42. The van der Waals surface area contributed by atoms with Crippen LogP contribution in [-0.4, -0.2) is 68.4 Å². The number of piperidine rings is 1. The van der Waals surface area contributed by atoms with E-state index in [2.05, 4.69) is 20.2 Å². The molecule has 7 nitrogen and oxygen atoms in total. The number of anilines is 1. The highest BCUT2D eigenvalue weighted by Gasteiger charge is 2.47. The van der Waals surface area contributed by atoms with E-state index >= 15 is 4.39 Å². The number of phenols is 1. The maximum absolute atomic E-state index is 15.1. The molecule has 2 aliphatic heterocycles. The Morgan fingerprint density at radius 3 is 2.68 bits per heavy atom. The van der Waals surface area contributed by atoms with Gasteiger partial charge in [-0.05, 0) is 50.6 Å². The second-order valence-corrected chi connectivity index (χ2v) is 8.40. The molecule has 0 saturated carbocycles. The predicted octanol–water partition coefficient (Wildman–Crippen LogP) is 3.18. The van der Waals surface area contributed by atoms with E-state index in [-0.39, 0.29) is 17.8 Å². The highest BCUT2D eigenvalue weighted by Crippen LogP contribution is 2.39. The van der Waals surface area contributed by atoms with Gasteiger partial charge in [-0.3, -0.25) is 4.90 Å². The van der Waals surface area contributed by atoms with Gasteiger partial charge in [0.1, 0.15) is 11.9 Å². The number of phenolic OH excluding ortho intramolecular Hbond substituents is 1. The average Bonchev–Trinajstić information content (AvgIpc) is 3.31. The predicted molar refractivity (Wildman–Crippen MR) is 112 cm³/mol. The van der Waals surface area contributed by atoms with E-state index < -0.39 is 12.0 Å². The van der Waals surface area contributed by atoms with Gasteiger partial charge < -0.3 is 10.0 Å². The fourth-order valence-electron chi connectivity index (χ4n) is 4.89. The summed E-state index contributed by atoms with van der Waals surface area (Å²) in [6.07, 6.45) is 4.10. The maximum Gasteiger partial charge on any atom is 0.161 e. The van der Waals surface area contributed by atoms with E-state index in [1.165, 1.54) is 16.9 Å². The molecular weight excluding hydrogens is 402 g/mol. The standard InChI is InChI=1S/C22H24F2N6O/c1-28-14-4-7-18(28)22(24)19(9-14)29(2)21-8-6-17(26-27-21)16-5-3-15(10-20(16)31)30-12-13(23)11-25-30/h3,5-6,8,10-12,14,18-19,22,31H,4,7,9H2,1-2H3/t14-,18+,19-,22+/m0/s1. The number of alkyl halides is 1. The van der Waals surface area contributed by atoms with Gasteiger partial charge in [0, 0.05) is 30.8 Å². The number of aromatic nitrogens is 4. The van der Waals surface area contributed by atoms with E-state index in [9.17, 15) is 9.50 Å². The van der Waals surface area contributed by atoms with E-state index in [4.69, 9.17) is 0 Å². The van der Waals surface area contributed by atoms with E-state index in [0.717, 1.165) is 25.5 Å². The molecule has 2 aromatic heterocycles. The Balaban J connectivity index is 1.35. The number of rotatable bonds is 4. The quantitative estimate of drug-likeness (QED) is 0.691. The van der Waals surface area contributed by atoms with Crippen LogP contribution in [0.5, 0.6) is 5.75 Å². The van der Waals surface area contributed by atoms with Crippen LogP contribution in [0, 0.1) is 5.82 Å². The van der Waals surface area contributed by atoms with Crippen LogP contribution < -0.4 is 4.90 Å². The molecule has 4 atom stereocenters. The summed E-state index contributed by atoms with van der Waals surface area (Å²) in [5, 5.41) is 22.9. The van der Waals surface area contributed by atoms with Gasteiger partial charge in [-0.25, -0.2) is 13.5 Å². The number of aromatic hydroxyl groups is 1. The number of fused-ring (bicyclic) bond motifs is 2. The van der Waals surface area contributed by atoms with Gasteiger partial charge in [0.15, 0.2) is 11.6 Å². The van der Waals surface area contributed by atoms with Crippen molar-refractivity contribution in [3.05, 3.63) is 48.5 Å². The normalized spacial score (nSPS) is 25.7. The Bertz CT molecular complexity index is 1090. The van der Waals surface area contributed by atoms with E-state index in [1.807, 2.05) is 19.0 Å². The lowest BCUT2D eigenvalue weighted by Crippen LogP contribution is -2.56. The Morgan fingerprint density at radius 1 is 1.16 bits per heavy atom. The van der Waals surface area contributed by atoms with Crippen molar-refractivity contribution in [3.8, 4) is 22.7 Å². The van der Waals surface area contributed by atoms with Crippen LogP contribution in [-0.2, 0) is 0 Å². The van der Waals surface area contributed by atoms with Gasteiger partial charge in [0.05, 0.1) is 29.8 Å². The molecule has 0 aliphatic carbocycles. The van der Waals surface area contributed by atoms with E-state index in [1.54, 1.807) is 24.3 Å². The second-order valence-electron chi connectivity index (χ2n) is 8.40. The third-order valence-corrected chi connectivity index (χ3v) is 6.73. The summed E-state index contributed by atoms with van der Waals surface area (Å²) in [6.45, 7) is 0. The van der Waals surface area contributed by atoms with Gasteiger partial charge in [-0.2, -0.15) is 5.10 Å². The first kappa shape index (κ1) is 19.9. The lowest BCUT2D eigenvalue weighted by molar-refractivity contribution is 0.0701. The van der Waals surface area contributed by atoms with Gasteiger partial charge in [0.25, 0.3) is 0 Å². The van der Waals surface area contributed by atoms with Gasteiger partial charge in [0.2, 0.25) is 0 Å². The molecule has 1 N–H and O–H groups in total. The molecule has 2 fully saturated rings. The minimum Gasteiger partial charge on any atom is -0.507 e. The van der Waals surface area contributed by atoms with E-state index in [0.29, 0.717) is 28.8 Å². The highest BCUT2D eigenvalue weighted by atomic mass is 19.1. The number of benzene rings is 1. The minimum atomic E-state index is -0.932. The first-order valence-corrected chi connectivity index (χ1v) is 10.4. The molecule has 0 radical (unpaired) electrons. The molecule has 1 aromatic carbocycles. The smallest absolute Gasteiger partial charge is 0.161 e. The Kier molecular flexibility index (Phi) is 4.85. The molecular formula is C22H24F2N6O. The zero-order valence-corrected chi connectivity index (χ0v) is 17.4. The monoisotopic (exact) mass is 426 g/mol.